The molecule has 60 valence electrons. The molecular weight excluding hydrogens is 207 g/mol. The monoisotopic (exact) mass is 216 g/mol. The third-order valence-corrected chi connectivity index (χ3v) is 2.04. The van der Waals surface area contributed by atoms with E-state index < -0.39 is 0 Å². The van der Waals surface area contributed by atoms with Gasteiger partial charge in [-0.05, 0) is 30.5 Å². The van der Waals surface area contributed by atoms with Gasteiger partial charge in [-0.25, -0.2) is 0 Å². The summed E-state index contributed by atoms with van der Waals surface area (Å²) in [6.45, 7) is -0.226. The molecule has 0 heterocycles. The van der Waals surface area contributed by atoms with Gasteiger partial charge < -0.3 is 0 Å². The van der Waals surface area contributed by atoms with Crippen molar-refractivity contribution in [3.63, 3.8) is 0 Å². The van der Waals surface area contributed by atoms with E-state index >= 15 is 0 Å². The lowest BCUT2D eigenvalue weighted by molar-refractivity contribution is 0.473. The summed E-state index contributed by atoms with van der Waals surface area (Å²) in [6, 6.07) is 7.99. The van der Waals surface area contributed by atoms with Crippen molar-refractivity contribution in [3.8, 4) is 0 Å². The number of aryl methyl sites for hydroxylation is 1. The summed E-state index contributed by atoms with van der Waals surface area (Å²) >= 11 is 3.34. The zero-order valence-corrected chi connectivity index (χ0v) is 7.77. The third-order valence-electron chi connectivity index (χ3n) is 1.51. The van der Waals surface area contributed by atoms with Gasteiger partial charge in [-0.15, -0.1) is 0 Å². The Morgan fingerprint density at radius 3 is 2.36 bits per heavy atom. The Bertz CT molecular complexity index is 205. The van der Waals surface area contributed by atoms with Gasteiger partial charge in [-0.3, -0.25) is 4.39 Å². The Kier molecular flexibility index (Phi) is 3.57. The number of hydrogen-bond acceptors (Lipinski definition) is 0. The maximum absolute atomic E-state index is 11.7. The molecule has 0 fully saturated rings. The van der Waals surface area contributed by atoms with Crippen LogP contribution in [0.2, 0.25) is 0 Å². The molecule has 0 amide bonds. The molecule has 0 unspecified atom stereocenters. The fourth-order valence-corrected chi connectivity index (χ4v) is 1.19. The van der Waals surface area contributed by atoms with Crippen molar-refractivity contribution in [2.45, 2.75) is 12.8 Å². The van der Waals surface area contributed by atoms with Crippen LogP contribution in [0, 0.1) is 0 Å². The summed E-state index contributed by atoms with van der Waals surface area (Å²) in [4.78, 5) is 0. The van der Waals surface area contributed by atoms with Gasteiger partial charge in [0, 0.05) is 4.47 Å². The molecule has 0 spiro atoms. The molecule has 0 aliphatic heterocycles. The first-order valence-corrected chi connectivity index (χ1v) is 4.42. The van der Waals surface area contributed by atoms with Gasteiger partial charge in [0.2, 0.25) is 0 Å². The van der Waals surface area contributed by atoms with Crippen molar-refractivity contribution in [1.82, 2.24) is 0 Å². The average Bonchev–Trinajstić information content (AvgIpc) is 2.04. The second-order valence-electron chi connectivity index (χ2n) is 2.42. The Morgan fingerprint density at radius 2 is 1.82 bits per heavy atom. The van der Waals surface area contributed by atoms with Gasteiger partial charge >= 0.3 is 0 Å². The fraction of sp³-hybridized carbons (Fsp3) is 0.333. The van der Waals surface area contributed by atoms with Crippen LogP contribution in [-0.2, 0) is 6.42 Å². The highest BCUT2D eigenvalue weighted by Crippen LogP contribution is 2.11. The van der Waals surface area contributed by atoms with Crippen molar-refractivity contribution in [1.29, 1.82) is 0 Å². The predicted octanol–water partition coefficient (Wildman–Crippen LogP) is 3.35. The highest BCUT2D eigenvalue weighted by Gasteiger charge is 1.91. The van der Waals surface area contributed by atoms with Crippen molar-refractivity contribution in [3.05, 3.63) is 34.3 Å². The summed E-state index contributed by atoms with van der Waals surface area (Å²) in [6.07, 6.45) is 1.46. The van der Waals surface area contributed by atoms with E-state index in [4.69, 9.17) is 0 Å². The SMILES string of the molecule is FCCCc1ccc(Br)cc1. The Labute approximate surface area is 74.6 Å². The van der Waals surface area contributed by atoms with E-state index in [0.717, 1.165) is 10.9 Å². The van der Waals surface area contributed by atoms with E-state index in [-0.39, 0.29) is 6.67 Å². The summed E-state index contributed by atoms with van der Waals surface area (Å²) in [5.74, 6) is 0. The molecule has 0 atom stereocenters. The van der Waals surface area contributed by atoms with Crippen LogP contribution >= 0.6 is 15.9 Å². The Hall–Kier alpha value is -0.370. The molecule has 0 aromatic heterocycles. The first kappa shape index (κ1) is 8.72. The largest absolute Gasteiger partial charge is 0.251 e. The number of halogens is 2. The number of rotatable bonds is 3. The van der Waals surface area contributed by atoms with Crippen LogP contribution in [0.4, 0.5) is 4.39 Å². The van der Waals surface area contributed by atoms with Crippen molar-refractivity contribution >= 4 is 15.9 Å². The topological polar surface area (TPSA) is 0 Å². The quantitative estimate of drug-likeness (QED) is 0.728. The van der Waals surface area contributed by atoms with Crippen molar-refractivity contribution < 1.29 is 4.39 Å². The van der Waals surface area contributed by atoms with Gasteiger partial charge in [-0.2, -0.15) is 0 Å². The maximum Gasteiger partial charge on any atom is 0.0897 e. The minimum atomic E-state index is -0.226. The summed E-state index contributed by atoms with van der Waals surface area (Å²) in [5, 5.41) is 0. The van der Waals surface area contributed by atoms with Crippen LogP contribution in [0.25, 0.3) is 0 Å². The molecule has 0 saturated heterocycles. The van der Waals surface area contributed by atoms with E-state index in [1.54, 1.807) is 0 Å². The van der Waals surface area contributed by atoms with E-state index in [0.29, 0.717) is 6.42 Å². The van der Waals surface area contributed by atoms with E-state index in [1.807, 2.05) is 24.3 Å². The van der Waals surface area contributed by atoms with Crippen molar-refractivity contribution in [2.75, 3.05) is 6.67 Å². The molecule has 0 radical (unpaired) electrons. The highest BCUT2D eigenvalue weighted by molar-refractivity contribution is 9.10. The van der Waals surface area contributed by atoms with Crippen LogP contribution in [0.15, 0.2) is 28.7 Å². The molecule has 1 rings (SSSR count). The summed E-state index contributed by atoms with van der Waals surface area (Å²) in [5.41, 5.74) is 1.20. The van der Waals surface area contributed by atoms with Crippen LogP contribution < -0.4 is 0 Å². The molecule has 0 saturated carbocycles. The molecule has 2 heteroatoms. The molecule has 0 bridgehead atoms. The number of hydrogen-bond donors (Lipinski definition) is 0. The Balaban J connectivity index is 2.52. The summed E-state index contributed by atoms with van der Waals surface area (Å²) in [7, 11) is 0. The standard InChI is InChI=1S/C9H10BrF/c10-9-5-3-8(4-6-9)2-1-7-11/h3-6H,1-2,7H2. The van der Waals surface area contributed by atoms with E-state index in [2.05, 4.69) is 15.9 Å². The van der Waals surface area contributed by atoms with Gasteiger partial charge in [0.25, 0.3) is 0 Å². The lowest BCUT2D eigenvalue weighted by atomic mass is 10.1. The molecule has 1 aromatic carbocycles. The minimum absolute atomic E-state index is 0.226. The minimum Gasteiger partial charge on any atom is -0.251 e. The molecule has 0 N–H and O–H groups in total. The van der Waals surface area contributed by atoms with Crippen molar-refractivity contribution in [2.24, 2.45) is 0 Å². The average molecular weight is 217 g/mol. The molecule has 0 nitrogen and oxygen atoms in total. The van der Waals surface area contributed by atoms with Gasteiger partial charge in [0.15, 0.2) is 0 Å². The lowest BCUT2D eigenvalue weighted by Crippen LogP contribution is -1.85. The first-order valence-electron chi connectivity index (χ1n) is 3.63. The zero-order valence-electron chi connectivity index (χ0n) is 6.19. The Morgan fingerprint density at radius 1 is 1.18 bits per heavy atom. The predicted molar refractivity (Wildman–Crippen MR) is 48.4 cm³/mol. The van der Waals surface area contributed by atoms with E-state index in [1.165, 1.54) is 5.56 Å². The van der Waals surface area contributed by atoms with Crippen LogP contribution in [0.1, 0.15) is 12.0 Å². The second kappa shape index (κ2) is 4.50. The molecule has 0 aliphatic carbocycles. The molecule has 0 aliphatic rings. The smallest absolute Gasteiger partial charge is 0.0897 e. The molecule has 1 aromatic rings. The second-order valence-corrected chi connectivity index (χ2v) is 3.33. The fourth-order valence-electron chi connectivity index (χ4n) is 0.922. The van der Waals surface area contributed by atoms with E-state index in [9.17, 15) is 4.39 Å². The zero-order chi connectivity index (χ0) is 8.10. The number of alkyl halides is 1. The normalized spacial score (nSPS) is 10.0. The number of benzene rings is 1. The summed E-state index contributed by atoms with van der Waals surface area (Å²) < 4.78 is 12.8. The lowest BCUT2D eigenvalue weighted by Gasteiger charge is -1.97. The van der Waals surface area contributed by atoms with Gasteiger partial charge in [0.05, 0.1) is 6.67 Å². The first-order chi connectivity index (χ1) is 5.33. The molecular formula is C9H10BrF. The molecule has 11 heavy (non-hydrogen) atoms. The third kappa shape index (κ3) is 3.02. The van der Waals surface area contributed by atoms with Crippen LogP contribution in [0.5, 0.6) is 0 Å². The van der Waals surface area contributed by atoms with Crippen LogP contribution in [-0.4, -0.2) is 6.67 Å². The van der Waals surface area contributed by atoms with Gasteiger partial charge in [0.1, 0.15) is 0 Å². The van der Waals surface area contributed by atoms with Crippen LogP contribution in [0.3, 0.4) is 0 Å². The highest BCUT2D eigenvalue weighted by atomic mass is 79.9. The maximum atomic E-state index is 11.7. The van der Waals surface area contributed by atoms with Gasteiger partial charge in [-0.1, -0.05) is 28.1 Å².